The summed E-state index contributed by atoms with van der Waals surface area (Å²) in [5.41, 5.74) is 2.03. The number of nitro groups is 1. The molecule has 7 nitrogen and oxygen atoms in total. The number of aromatic nitrogens is 1. The molecular weight excluding hydrogens is 333 g/mol. The molecule has 0 radical (unpaired) electrons. The van der Waals surface area contributed by atoms with E-state index in [1.54, 1.807) is 6.07 Å². The number of nitrogens with zero attached hydrogens (tertiary/aromatic N) is 2. The van der Waals surface area contributed by atoms with Crippen molar-refractivity contribution in [3.05, 3.63) is 50.7 Å². The lowest BCUT2D eigenvalue weighted by molar-refractivity contribution is -0.384. The summed E-state index contributed by atoms with van der Waals surface area (Å²) in [6, 6.07) is 6.90. The maximum Gasteiger partial charge on any atom is 0.311 e. The van der Waals surface area contributed by atoms with Gasteiger partial charge >= 0.3 is 5.69 Å². The monoisotopic (exact) mass is 341 g/mol. The van der Waals surface area contributed by atoms with Crippen LogP contribution in [0.2, 0.25) is 0 Å². The molecule has 0 amide bonds. The average Bonchev–Trinajstić information content (AvgIpc) is 2.42. The first-order valence-electron chi connectivity index (χ1n) is 5.36. The van der Waals surface area contributed by atoms with Crippen LogP contribution in [-0.4, -0.2) is 9.91 Å². The lowest BCUT2D eigenvalue weighted by atomic mass is 10.3. The van der Waals surface area contributed by atoms with Crippen LogP contribution in [0.25, 0.3) is 0 Å². The van der Waals surface area contributed by atoms with Gasteiger partial charge in [-0.25, -0.2) is 15.2 Å². The van der Waals surface area contributed by atoms with Crippen LogP contribution in [-0.2, 0) is 0 Å². The molecule has 0 aliphatic carbocycles. The van der Waals surface area contributed by atoms with Crippen molar-refractivity contribution in [2.75, 3.05) is 10.7 Å². The molecule has 1 aromatic carbocycles. The Hall–Kier alpha value is -2.26. The van der Waals surface area contributed by atoms with E-state index in [0.717, 1.165) is 0 Å². The van der Waals surface area contributed by atoms with Crippen molar-refractivity contribution >= 4 is 38.9 Å². The normalized spacial score (nSPS) is 10.2. The van der Waals surface area contributed by atoms with Crippen molar-refractivity contribution in [3.8, 4) is 0 Å². The molecule has 0 aliphatic heterocycles. The summed E-state index contributed by atoms with van der Waals surface area (Å²) in [6.07, 6.45) is 0. The first kappa shape index (κ1) is 14.2. The maximum atomic E-state index is 13.7. The van der Waals surface area contributed by atoms with Crippen LogP contribution in [0.3, 0.4) is 0 Å². The molecule has 4 N–H and O–H groups in total. The van der Waals surface area contributed by atoms with E-state index in [0.29, 0.717) is 4.47 Å². The van der Waals surface area contributed by atoms with Gasteiger partial charge in [-0.1, -0.05) is 6.07 Å². The summed E-state index contributed by atoms with van der Waals surface area (Å²) in [7, 11) is 0. The number of rotatable bonds is 4. The SMILES string of the molecule is NNc1ccc([N+](=O)[O-])c(Nc2c(F)cccc2Br)n1. The van der Waals surface area contributed by atoms with Crippen LogP contribution in [0, 0.1) is 15.9 Å². The van der Waals surface area contributed by atoms with Crippen molar-refractivity contribution in [2.24, 2.45) is 5.84 Å². The second-order valence-corrected chi connectivity index (χ2v) is 4.54. The van der Waals surface area contributed by atoms with Gasteiger partial charge in [0.05, 0.1) is 10.6 Å². The van der Waals surface area contributed by atoms with Gasteiger partial charge in [0.15, 0.2) is 0 Å². The Kier molecular flexibility index (Phi) is 4.11. The highest BCUT2D eigenvalue weighted by molar-refractivity contribution is 9.10. The van der Waals surface area contributed by atoms with Gasteiger partial charge in [0.1, 0.15) is 11.6 Å². The highest BCUT2D eigenvalue weighted by atomic mass is 79.9. The van der Waals surface area contributed by atoms with E-state index in [2.05, 4.69) is 31.7 Å². The van der Waals surface area contributed by atoms with Crippen molar-refractivity contribution in [1.82, 2.24) is 4.98 Å². The minimum atomic E-state index is -0.621. The molecule has 0 saturated carbocycles. The van der Waals surface area contributed by atoms with E-state index in [1.165, 1.54) is 24.3 Å². The number of hydrogen-bond acceptors (Lipinski definition) is 6. The van der Waals surface area contributed by atoms with Crippen molar-refractivity contribution in [1.29, 1.82) is 0 Å². The Balaban J connectivity index is 2.49. The van der Waals surface area contributed by atoms with Crippen LogP contribution in [0.1, 0.15) is 0 Å². The zero-order valence-corrected chi connectivity index (χ0v) is 11.5. The molecule has 0 spiro atoms. The quantitative estimate of drug-likeness (QED) is 0.448. The molecule has 0 bridgehead atoms. The summed E-state index contributed by atoms with van der Waals surface area (Å²) in [5, 5.41) is 13.5. The highest BCUT2D eigenvalue weighted by Gasteiger charge is 2.18. The van der Waals surface area contributed by atoms with E-state index in [9.17, 15) is 14.5 Å². The Morgan fingerprint density at radius 1 is 1.35 bits per heavy atom. The third-order valence-corrected chi connectivity index (χ3v) is 3.09. The number of pyridine rings is 1. The number of anilines is 3. The lowest BCUT2D eigenvalue weighted by Gasteiger charge is -2.10. The molecule has 0 atom stereocenters. The van der Waals surface area contributed by atoms with Crippen LogP contribution in [0.5, 0.6) is 0 Å². The minimum absolute atomic E-state index is 0.0530. The Bertz CT molecular complexity index is 647. The van der Waals surface area contributed by atoms with E-state index in [1.807, 2.05) is 0 Å². The summed E-state index contributed by atoms with van der Waals surface area (Å²) >= 11 is 3.16. The molecule has 0 fully saturated rings. The molecule has 2 aromatic rings. The molecule has 1 heterocycles. The molecule has 2 rings (SSSR count). The predicted octanol–water partition coefficient (Wildman–Crippen LogP) is 2.92. The summed E-state index contributed by atoms with van der Waals surface area (Å²) in [4.78, 5) is 14.2. The number of para-hydroxylation sites is 1. The molecule has 104 valence electrons. The third-order valence-electron chi connectivity index (χ3n) is 2.42. The number of hydrogen-bond donors (Lipinski definition) is 3. The van der Waals surface area contributed by atoms with Gasteiger partial charge in [0.2, 0.25) is 5.82 Å². The van der Waals surface area contributed by atoms with Crippen molar-refractivity contribution < 1.29 is 9.31 Å². The van der Waals surface area contributed by atoms with Crippen LogP contribution in [0.4, 0.5) is 27.4 Å². The summed E-state index contributed by atoms with van der Waals surface area (Å²) in [5.74, 6) is 4.74. The number of nitrogens with two attached hydrogens (primary N) is 1. The average molecular weight is 342 g/mol. The molecule has 1 aromatic heterocycles. The van der Waals surface area contributed by atoms with Crippen molar-refractivity contribution in [3.63, 3.8) is 0 Å². The van der Waals surface area contributed by atoms with Crippen LogP contribution >= 0.6 is 15.9 Å². The first-order chi connectivity index (χ1) is 9.52. The maximum absolute atomic E-state index is 13.7. The topological polar surface area (TPSA) is 106 Å². The number of nitrogen functional groups attached to an aromatic ring is 1. The standard InChI is InChI=1S/C11H9BrFN5O2/c12-6-2-1-3-7(13)10(6)16-11-8(18(19)20)4-5-9(15-11)17-14/h1-5H,14H2,(H2,15,16,17). The lowest BCUT2D eigenvalue weighted by Crippen LogP contribution is -2.10. The number of nitrogens with one attached hydrogen (secondary N) is 2. The third kappa shape index (κ3) is 2.83. The highest BCUT2D eigenvalue weighted by Crippen LogP contribution is 2.32. The van der Waals surface area contributed by atoms with E-state index >= 15 is 0 Å². The molecule has 0 unspecified atom stereocenters. The van der Waals surface area contributed by atoms with Gasteiger partial charge in [-0.2, -0.15) is 0 Å². The zero-order chi connectivity index (χ0) is 14.7. The largest absolute Gasteiger partial charge is 0.331 e. The van der Waals surface area contributed by atoms with Gasteiger partial charge in [0, 0.05) is 10.5 Å². The van der Waals surface area contributed by atoms with Crippen LogP contribution < -0.4 is 16.6 Å². The zero-order valence-electron chi connectivity index (χ0n) is 9.93. The molecular formula is C11H9BrFN5O2. The summed E-state index contributed by atoms with van der Waals surface area (Å²) < 4.78 is 14.1. The van der Waals surface area contributed by atoms with Gasteiger partial charge < -0.3 is 10.7 Å². The second-order valence-electron chi connectivity index (χ2n) is 3.69. The van der Waals surface area contributed by atoms with E-state index < -0.39 is 10.7 Å². The number of hydrazine groups is 1. The fourth-order valence-electron chi connectivity index (χ4n) is 1.51. The van der Waals surface area contributed by atoms with Gasteiger partial charge in [-0.15, -0.1) is 0 Å². The fourth-order valence-corrected chi connectivity index (χ4v) is 1.95. The van der Waals surface area contributed by atoms with Gasteiger partial charge in [0.25, 0.3) is 0 Å². The van der Waals surface area contributed by atoms with Gasteiger partial charge in [-0.05, 0) is 34.1 Å². The molecule has 0 aliphatic rings. The fraction of sp³-hybridized carbons (Fsp3) is 0. The summed E-state index contributed by atoms with van der Waals surface area (Å²) in [6.45, 7) is 0. The first-order valence-corrected chi connectivity index (χ1v) is 6.15. The van der Waals surface area contributed by atoms with E-state index in [-0.39, 0.29) is 23.0 Å². The van der Waals surface area contributed by atoms with E-state index in [4.69, 9.17) is 5.84 Å². The Morgan fingerprint density at radius 3 is 2.70 bits per heavy atom. The molecule has 9 heteroatoms. The predicted molar refractivity (Wildman–Crippen MR) is 76.1 cm³/mol. The smallest absolute Gasteiger partial charge is 0.311 e. The Labute approximate surface area is 121 Å². The number of halogens is 2. The van der Waals surface area contributed by atoms with Crippen LogP contribution in [0.15, 0.2) is 34.8 Å². The second kappa shape index (κ2) is 5.80. The van der Waals surface area contributed by atoms with Crippen molar-refractivity contribution in [2.45, 2.75) is 0 Å². The Morgan fingerprint density at radius 2 is 2.10 bits per heavy atom. The number of benzene rings is 1. The minimum Gasteiger partial charge on any atom is -0.331 e. The van der Waals surface area contributed by atoms with Gasteiger partial charge in [-0.3, -0.25) is 10.1 Å². The molecule has 20 heavy (non-hydrogen) atoms. The molecule has 0 saturated heterocycles.